The van der Waals surface area contributed by atoms with Crippen molar-refractivity contribution in [2.75, 3.05) is 33.4 Å². The molecule has 0 aromatic rings. The Morgan fingerprint density at radius 3 is 2.80 bits per heavy atom. The van der Waals surface area contributed by atoms with E-state index in [0.717, 1.165) is 24.2 Å². The van der Waals surface area contributed by atoms with E-state index in [1.807, 2.05) is 0 Å². The van der Waals surface area contributed by atoms with Gasteiger partial charge in [-0.2, -0.15) is 0 Å². The molecule has 0 saturated carbocycles. The molecule has 10 heavy (non-hydrogen) atoms. The Morgan fingerprint density at radius 1 is 1.70 bits per heavy atom. The molecule has 0 radical (unpaired) electrons. The Bertz CT molecular complexity index is 118. The van der Waals surface area contributed by atoms with Gasteiger partial charge in [-0.1, -0.05) is 0 Å². The number of rotatable bonds is 1. The lowest BCUT2D eigenvalue weighted by Gasteiger charge is -2.40. The molecular weight excluding hydrogens is 130 g/mol. The van der Waals surface area contributed by atoms with E-state index < -0.39 is 0 Å². The average Bonchev–Trinajstić information content (AvgIpc) is 1.96. The van der Waals surface area contributed by atoms with Crippen molar-refractivity contribution in [2.24, 2.45) is 0 Å². The number of likely N-dealkylation sites (N-methyl/N-ethyl adjacent to an activating group) is 1. The monoisotopic (exact) mass is 146 g/mol. The van der Waals surface area contributed by atoms with Gasteiger partial charge in [0.2, 0.25) is 6.23 Å². The van der Waals surface area contributed by atoms with Crippen LogP contribution in [-0.4, -0.2) is 49.2 Å². The van der Waals surface area contributed by atoms with Crippen LogP contribution in [0.3, 0.4) is 0 Å². The molecule has 1 aliphatic rings. The van der Waals surface area contributed by atoms with E-state index in [1.54, 1.807) is 0 Å². The van der Waals surface area contributed by atoms with Crippen molar-refractivity contribution in [3.63, 3.8) is 0 Å². The first-order valence-electron chi connectivity index (χ1n) is 3.79. The first-order chi connectivity index (χ1) is 4.69. The van der Waals surface area contributed by atoms with Crippen LogP contribution in [0.2, 0.25) is 0 Å². The quantitative estimate of drug-likeness (QED) is 0.519. The second kappa shape index (κ2) is 2.86. The fourth-order valence-electron chi connectivity index (χ4n) is 1.16. The van der Waals surface area contributed by atoms with Crippen molar-refractivity contribution < 1.29 is 14.3 Å². The van der Waals surface area contributed by atoms with E-state index in [0.29, 0.717) is 6.61 Å². The number of ether oxygens (including phenoxy) is 1. The van der Waals surface area contributed by atoms with Gasteiger partial charge in [0.25, 0.3) is 0 Å². The smallest absolute Gasteiger partial charge is 0.214 e. The van der Waals surface area contributed by atoms with Gasteiger partial charge < -0.3 is 9.84 Å². The van der Waals surface area contributed by atoms with Gasteiger partial charge in [0, 0.05) is 0 Å². The summed E-state index contributed by atoms with van der Waals surface area (Å²) in [4.78, 5) is 0. The van der Waals surface area contributed by atoms with Crippen LogP contribution in [0, 0.1) is 0 Å². The summed E-state index contributed by atoms with van der Waals surface area (Å²) in [7, 11) is 2.06. The maximum absolute atomic E-state index is 9.48. The van der Waals surface area contributed by atoms with Crippen LogP contribution >= 0.6 is 0 Å². The van der Waals surface area contributed by atoms with E-state index in [4.69, 9.17) is 4.74 Å². The number of aliphatic hydroxyl groups is 1. The highest BCUT2D eigenvalue weighted by Gasteiger charge is 2.32. The van der Waals surface area contributed by atoms with Crippen molar-refractivity contribution in [2.45, 2.75) is 13.2 Å². The highest BCUT2D eigenvalue weighted by atomic mass is 16.5. The van der Waals surface area contributed by atoms with Crippen LogP contribution in [0.5, 0.6) is 0 Å². The predicted octanol–water partition coefficient (Wildman–Crippen LogP) is -0.199. The Labute approximate surface area is 61.8 Å². The second-order valence-corrected chi connectivity index (χ2v) is 3.07. The molecule has 0 aromatic carbocycles. The predicted molar refractivity (Wildman–Crippen MR) is 38.4 cm³/mol. The SMILES string of the molecule is CC[N+]1(C)CCOCC1O. The van der Waals surface area contributed by atoms with E-state index >= 15 is 0 Å². The van der Waals surface area contributed by atoms with Gasteiger partial charge >= 0.3 is 0 Å². The Balaban J connectivity index is 2.54. The lowest BCUT2D eigenvalue weighted by atomic mass is 10.3. The van der Waals surface area contributed by atoms with Crippen LogP contribution in [0.15, 0.2) is 0 Å². The fourth-order valence-corrected chi connectivity index (χ4v) is 1.16. The number of hydrogen-bond acceptors (Lipinski definition) is 2. The maximum atomic E-state index is 9.48. The Kier molecular flexibility index (Phi) is 2.28. The minimum atomic E-state index is -0.321. The molecule has 0 spiro atoms. The standard InChI is InChI=1S/C7H16NO2/c1-3-8(2)4-5-10-6-7(8)9/h7,9H,3-6H2,1-2H3/q+1. The van der Waals surface area contributed by atoms with Crippen molar-refractivity contribution in [1.29, 1.82) is 0 Å². The van der Waals surface area contributed by atoms with Crippen LogP contribution < -0.4 is 0 Å². The molecule has 2 atom stereocenters. The number of morpholine rings is 1. The molecule has 0 amide bonds. The van der Waals surface area contributed by atoms with Crippen molar-refractivity contribution >= 4 is 0 Å². The van der Waals surface area contributed by atoms with Crippen molar-refractivity contribution in [3.8, 4) is 0 Å². The summed E-state index contributed by atoms with van der Waals surface area (Å²) >= 11 is 0. The molecule has 1 N–H and O–H groups in total. The Morgan fingerprint density at radius 2 is 2.40 bits per heavy atom. The van der Waals surface area contributed by atoms with Crippen molar-refractivity contribution in [1.82, 2.24) is 0 Å². The van der Waals surface area contributed by atoms with Crippen LogP contribution in [-0.2, 0) is 4.74 Å². The number of hydrogen-bond donors (Lipinski definition) is 1. The maximum Gasteiger partial charge on any atom is 0.214 e. The summed E-state index contributed by atoms with van der Waals surface area (Å²) in [6.07, 6.45) is -0.321. The van der Waals surface area contributed by atoms with Gasteiger partial charge in [-0.15, -0.1) is 0 Å². The third kappa shape index (κ3) is 1.31. The third-order valence-corrected chi connectivity index (χ3v) is 2.46. The zero-order valence-electron chi connectivity index (χ0n) is 6.71. The van der Waals surface area contributed by atoms with Crippen LogP contribution in [0.1, 0.15) is 6.92 Å². The minimum Gasteiger partial charge on any atom is -0.367 e. The van der Waals surface area contributed by atoms with E-state index in [9.17, 15) is 5.11 Å². The van der Waals surface area contributed by atoms with Gasteiger partial charge in [0.15, 0.2) is 0 Å². The van der Waals surface area contributed by atoms with Gasteiger partial charge in [0.05, 0.1) is 20.2 Å². The van der Waals surface area contributed by atoms with Gasteiger partial charge in [-0.25, -0.2) is 0 Å². The molecule has 60 valence electrons. The van der Waals surface area contributed by atoms with Gasteiger partial charge in [-0.05, 0) is 6.92 Å². The highest BCUT2D eigenvalue weighted by Crippen LogP contribution is 2.12. The van der Waals surface area contributed by atoms with E-state index in [2.05, 4.69) is 14.0 Å². The molecule has 0 aliphatic carbocycles. The third-order valence-electron chi connectivity index (χ3n) is 2.46. The fraction of sp³-hybridized carbons (Fsp3) is 1.00. The van der Waals surface area contributed by atoms with E-state index in [1.165, 1.54) is 0 Å². The minimum absolute atomic E-state index is 0.321. The first kappa shape index (κ1) is 7.98. The summed E-state index contributed by atoms with van der Waals surface area (Å²) in [5, 5.41) is 9.48. The molecule has 3 heteroatoms. The molecule has 1 rings (SSSR count). The first-order valence-corrected chi connectivity index (χ1v) is 3.79. The molecule has 3 nitrogen and oxygen atoms in total. The normalized spacial score (nSPS) is 41.7. The summed E-state index contributed by atoms with van der Waals surface area (Å²) in [5.41, 5.74) is 0. The largest absolute Gasteiger partial charge is 0.367 e. The topological polar surface area (TPSA) is 29.5 Å². The molecule has 0 bridgehead atoms. The summed E-state index contributed by atoms with van der Waals surface area (Å²) < 4.78 is 5.85. The summed E-state index contributed by atoms with van der Waals surface area (Å²) in [6, 6.07) is 0. The molecule has 2 unspecified atom stereocenters. The zero-order valence-corrected chi connectivity index (χ0v) is 6.71. The lowest BCUT2D eigenvalue weighted by Crippen LogP contribution is -2.58. The number of quaternary nitrogens is 1. The summed E-state index contributed by atoms with van der Waals surface area (Å²) in [5.74, 6) is 0. The molecular formula is C7H16NO2+. The second-order valence-electron chi connectivity index (χ2n) is 3.07. The number of aliphatic hydroxyl groups excluding tert-OH is 1. The van der Waals surface area contributed by atoms with Crippen LogP contribution in [0.25, 0.3) is 0 Å². The zero-order chi connectivity index (χ0) is 7.61. The van der Waals surface area contributed by atoms with Crippen LogP contribution in [0.4, 0.5) is 0 Å². The van der Waals surface area contributed by atoms with Crippen molar-refractivity contribution in [3.05, 3.63) is 0 Å². The molecule has 1 fully saturated rings. The molecule has 1 heterocycles. The lowest BCUT2D eigenvalue weighted by molar-refractivity contribution is -0.960. The Hall–Kier alpha value is -0.120. The molecule has 1 aliphatic heterocycles. The van der Waals surface area contributed by atoms with Gasteiger partial charge in [-0.3, -0.25) is 4.48 Å². The van der Waals surface area contributed by atoms with E-state index in [-0.39, 0.29) is 6.23 Å². The molecule has 1 saturated heterocycles. The number of nitrogens with zero attached hydrogens (tertiary/aromatic N) is 1. The average molecular weight is 146 g/mol. The van der Waals surface area contributed by atoms with Gasteiger partial charge in [0.1, 0.15) is 13.2 Å². The highest BCUT2D eigenvalue weighted by molar-refractivity contribution is 4.49. The summed E-state index contributed by atoms with van der Waals surface area (Å²) in [6.45, 7) is 5.27. The molecule has 0 aromatic heterocycles.